The van der Waals surface area contributed by atoms with Crippen LogP contribution in [0.5, 0.6) is 0 Å². The maximum absolute atomic E-state index is 9.44. The summed E-state index contributed by atoms with van der Waals surface area (Å²) in [6, 6.07) is 2.99. The van der Waals surface area contributed by atoms with Crippen LogP contribution in [0, 0.1) is 29.1 Å². The van der Waals surface area contributed by atoms with Crippen molar-refractivity contribution in [2.24, 2.45) is 17.8 Å². The Hall–Kier alpha value is -0.590. The van der Waals surface area contributed by atoms with Crippen molar-refractivity contribution < 1.29 is 0 Å². The van der Waals surface area contributed by atoms with Crippen molar-refractivity contribution in [2.45, 2.75) is 31.3 Å². The molecule has 2 bridgehead atoms. The normalized spacial score (nSPS) is 53.7. The smallest absolute Gasteiger partial charge is 0.125 e. The fourth-order valence-electron chi connectivity index (χ4n) is 4.10. The molecule has 3 heteroatoms. The highest BCUT2D eigenvalue weighted by molar-refractivity contribution is 5.29. The first-order valence-electron chi connectivity index (χ1n) is 5.71. The Labute approximate surface area is 84.9 Å². The highest BCUT2D eigenvalue weighted by Crippen LogP contribution is 2.56. The van der Waals surface area contributed by atoms with Gasteiger partial charge in [0.25, 0.3) is 0 Å². The Morgan fingerprint density at radius 2 is 2.43 bits per heavy atom. The molecule has 0 aromatic rings. The second-order valence-electron chi connectivity index (χ2n) is 4.99. The molecule has 2 N–H and O–H groups in total. The van der Waals surface area contributed by atoms with Crippen LogP contribution in [0.3, 0.4) is 0 Å². The third-order valence-electron chi connectivity index (χ3n) is 4.57. The molecule has 1 saturated heterocycles. The van der Waals surface area contributed by atoms with E-state index >= 15 is 0 Å². The van der Waals surface area contributed by atoms with E-state index in [0.29, 0.717) is 12.0 Å². The Morgan fingerprint density at radius 1 is 1.57 bits per heavy atom. The summed E-state index contributed by atoms with van der Waals surface area (Å²) in [7, 11) is 0. The van der Waals surface area contributed by atoms with Crippen LogP contribution in [0.4, 0.5) is 0 Å². The van der Waals surface area contributed by atoms with Crippen LogP contribution < -0.4 is 10.6 Å². The maximum Gasteiger partial charge on any atom is 0.125 e. The lowest BCUT2D eigenvalue weighted by Gasteiger charge is -2.36. The van der Waals surface area contributed by atoms with Crippen molar-refractivity contribution in [3.63, 3.8) is 0 Å². The van der Waals surface area contributed by atoms with Crippen LogP contribution in [-0.4, -0.2) is 24.7 Å². The van der Waals surface area contributed by atoms with Gasteiger partial charge in [-0.05, 0) is 43.7 Å². The molecule has 1 heterocycles. The Morgan fingerprint density at radius 3 is 3.14 bits per heavy atom. The molecule has 0 radical (unpaired) electrons. The second-order valence-corrected chi connectivity index (χ2v) is 4.99. The molecule has 1 aliphatic heterocycles. The fraction of sp³-hybridized carbons (Fsp3) is 0.909. The van der Waals surface area contributed by atoms with Crippen molar-refractivity contribution in [3.8, 4) is 6.07 Å². The molecule has 3 aliphatic rings. The molecule has 3 fully saturated rings. The van der Waals surface area contributed by atoms with Gasteiger partial charge in [-0.15, -0.1) is 0 Å². The number of rotatable bonds is 2. The number of likely N-dealkylation sites (N-methyl/N-ethyl adjacent to an activating group) is 1. The van der Waals surface area contributed by atoms with Crippen LogP contribution in [0.25, 0.3) is 0 Å². The first-order chi connectivity index (χ1) is 6.81. The minimum atomic E-state index is -0.244. The first kappa shape index (κ1) is 8.70. The number of fused-ring (bicyclic) bond motifs is 1. The summed E-state index contributed by atoms with van der Waals surface area (Å²) in [5.41, 5.74) is -0.244. The van der Waals surface area contributed by atoms with Gasteiger partial charge in [0.05, 0.1) is 6.07 Å². The molecule has 5 atom stereocenters. The average molecular weight is 191 g/mol. The molecule has 0 aromatic heterocycles. The van der Waals surface area contributed by atoms with Crippen LogP contribution in [0.2, 0.25) is 0 Å². The molecule has 0 aromatic carbocycles. The van der Waals surface area contributed by atoms with Gasteiger partial charge in [-0.2, -0.15) is 5.26 Å². The molecular weight excluding hydrogens is 174 g/mol. The minimum absolute atomic E-state index is 0.244. The molecule has 3 rings (SSSR count). The third kappa shape index (κ3) is 0.796. The summed E-state index contributed by atoms with van der Waals surface area (Å²) in [5.74, 6) is 2.24. The Kier molecular flexibility index (Phi) is 1.68. The molecule has 0 spiro atoms. The number of nitrogens with zero attached hydrogens (tertiary/aromatic N) is 1. The lowest BCUT2D eigenvalue weighted by Crippen LogP contribution is -2.59. The molecular formula is C11H17N3. The van der Waals surface area contributed by atoms with Gasteiger partial charge in [-0.3, -0.25) is 5.32 Å². The van der Waals surface area contributed by atoms with Crippen molar-refractivity contribution in [1.82, 2.24) is 10.6 Å². The second kappa shape index (κ2) is 2.71. The molecule has 76 valence electrons. The number of hydrogen-bond acceptors (Lipinski definition) is 3. The number of hydrogen-bond donors (Lipinski definition) is 2. The van der Waals surface area contributed by atoms with E-state index in [9.17, 15) is 5.26 Å². The Balaban J connectivity index is 1.97. The first-order valence-corrected chi connectivity index (χ1v) is 5.71. The topological polar surface area (TPSA) is 47.9 Å². The van der Waals surface area contributed by atoms with E-state index in [2.05, 4.69) is 23.6 Å². The summed E-state index contributed by atoms with van der Waals surface area (Å²) in [4.78, 5) is 0. The van der Waals surface area contributed by atoms with E-state index < -0.39 is 0 Å². The van der Waals surface area contributed by atoms with Crippen LogP contribution >= 0.6 is 0 Å². The van der Waals surface area contributed by atoms with Gasteiger partial charge < -0.3 is 5.32 Å². The van der Waals surface area contributed by atoms with E-state index in [4.69, 9.17) is 0 Å². The highest BCUT2D eigenvalue weighted by atomic mass is 15.1. The fourth-order valence-corrected chi connectivity index (χ4v) is 4.10. The molecule has 0 amide bonds. The summed E-state index contributed by atoms with van der Waals surface area (Å²) < 4.78 is 0. The van der Waals surface area contributed by atoms with Crippen LogP contribution in [0.1, 0.15) is 19.8 Å². The van der Waals surface area contributed by atoms with Crippen LogP contribution in [0.15, 0.2) is 0 Å². The highest BCUT2D eigenvalue weighted by Gasteiger charge is 2.64. The molecule has 5 unspecified atom stereocenters. The Bertz CT molecular complexity index is 293. The molecule has 2 aliphatic carbocycles. The van der Waals surface area contributed by atoms with Gasteiger partial charge in [-0.25, -0.2) is 0 Å². The predicted molar refractivity (Wildman–Crippen MR) is 53.5 cm³/mol. The van der Waals surface area contributed by atoms with Crippen LogP contribution in [-0.2, 0) is 0 Å². The van der Waals surface area contributed by atoms with E-state index in [1.165, 1.54) is 12.8 Å². The minimum Gasteiger partial charge on any atom is -0.311 e. The largest absolute Gasteiger partial charge is 0.311 e. The van der Waals surface area contributed by atoms with Gasteiger partial charge in [-0.1, -0.05) is 6.92 Å². The summed E-state index contributed by atoms with van der Waals surface area (Å²) in [5, 5.41) is 16.4. The molecule has 14 heavy (non-hydrogen) atoms. The van der Waals surface area contributed by atoms with Gasteiger partial charge in [0.1, 0.15) is 5.54 Å². The van der Waals surface area contributed by atoms with E-state index in [0.717, 1.165) is 24.9 Å². The summed E-state index contributed by atoms with van der Waals surface area (Å²) in [6.45, 7) is 4.14. The summed E-state index contributed by atoms with van der Waals surface area (Å²) >= 11 is 0. The van der Waals surface area contributed by atoms with Gasteiger partial charge in [0.15, 0.2) is 0 Å². The molecule has 2 saturated carbocycles. The summed E-state index contributed by atoms with van der Waals surface area (Å²) in [6.07, 6.45) is 2.53. The predicted octanol–water partition coefficient (Wildman–Crippen LogP) is 0.486. The van der Waals surface area contributed by atoms with E-state index in [-0.39, 0.29) is 5.54 Å². The van der Waals surface area contributed by atoms with Gasteiger partial charge in [0, 0.05) is 6.04 Å². The SMILES string of the molecule is CCNC1(C#N)C2CC3CNC1C3C2. The standard InChI is InChI=1S/C11H17N3/c1-2-14-11(6-12)8-3-7-5-13-10(11)9(7)4-8/h7-10,13-14H,2-5H2,1H3. The number of nitrogens with one attached hydrogen (secondary N) is 2. The lowest BCUT2D eigenvalue weighted by molar-refractivity contribution is 0.234. The van der Waals surface area contributed by atoms with E-state index in [1.807, 2.05) is 0 Å². The van der Waals surface area contributed by atoms with Crippen molar-refractivity contribution in [1.29, 1.82) is 5.26 Å². The van der Waals surface area contributed by atoms with Crippen molar-refractivity contribution >= 4 is 0 Å². The number of nitriles is 1. The third-order valence-corrected chi connectivity index (χ3v) is 4.57. The molecule has 3 nitrogen and oxygen atoms in total. The van der Waals surface area contributed by atoms with Crippen molar-refractivity contribution in [3.05, 3.63) is 0 Å². The zero-order valence-electron chi connectivity index (χ0n) is 8.59. The zero-order valence-corrected chi connectivity index (χ0v) is 8.59. The van der Waals surface area contributed by atoms with Crippen molar-refractivity contribution in [2.75, 3.05) is 13.1 Å². The lowest BCUT2D eigenvalue weighted by atomic mass is 9.76. The van der Waals surface area contributed by atoms with Gasteiger partial charge >= 0.3 is 0 Å². The quantitative estimate of drug-likeness (QED) is 0.667. The monoisotopic (exact) mass is 191 g/mol. The van der Waals surface area contributed by atoms with E-state index in [1.54, 1.807) is 0 Å². The maximum atomic E-state index is 9.44. The van der Waals surface area contributed by atoms with Gasteiger partial charge in [0.2, 0.25) is 0 Å². The zero-order chi connectivity index (χ0) is 9.76. The average Bonchev–Trinajstić information content (AvgIpc) is 2.76.